The van der Waals surface area contributed by atoms with Gasteiger partial charge >= 0.3 is 0 Å². The fraction of sp³-hybridized carbons (Fsp3) is 0.444. The topological polar surface area (TPSA) is 62.4 Å². The quantitative estimate of drug-likeness (QED) is 0.858. The van der Waals surface area contributed by atoms with Gasteiger partial charge in [-0.1, -0.05) is 0 Å². The molecular weight excluding hydrogens is 246 g/mol. The van der Waals surface area contributed by atoms with E-state index in [0.717, 1.165) is 10.3 Å². The van der Waals surface area contributed by atoms with E-state index in [2.05, 4.69) is 20.9 Å². The zero-order valence-electron chi connectivity index (χ0n) is 8.24. The Morgan fingerprint density at radius 1 is 1.71 bits per heavy atom. The first-order valence-electron chi connectivity index (χ1n) is 4.31. The molecule has 0 saturated heterocycles. The smallest absolute Gasteiger partial charge is 0.143 e. The number of halogens is 1. The van der Waals surface area contributed by atoms with Crippen LogP contribution in [0.1, 0.15) is 6.92 Å². The molecule has 0 aliphatic heterocycles. The minimum atomic E-state index is 0.0300. The van der Waals surface area contributed by atoms with E-state index in [0.29, 0.717) is 5.69 Å². The van der Waals surface area contributed by atoms with Crippen molar-refractivity contribution < 1.29 is 5.11 Å². The minimum absolute atomic E-state index is 0.0300. The number of pyridine rings is 1. The van der Waals surface area contributed by atoms with Gasteiger partial charge < -0.3 is 15.7 Å². The van der Waals surface area contributed by atoms with Crippen LogP contribution in [0.25, 0.3) is 0 Å². The summed E-state index contributed by atoms with van der Waals surface area (Å²) >= 11 is 3.38. The van der Waals surface area contributed by atoms with E-state index >= 15 is 0 Å². The number of aliphatic hydroxyl groups excluding tert-OH is 1. The molecule has 1 heterocycles. The SMILES string of the molecule is CC(CO)N(C)c1ncc(N)cc1Br. The molecule has 0 aromatic carbocycles. The van der Waals surface area contributed by atoms with Gasteiger partial charge in [-0.15, -0.1) is 0 Å². The van der Waals surface area contributed by atoms with Gasteiger partial charge in [0.15, 0.2) is 0 Å². The van der Waals surface area contributed by atoms with Crippen LogP contribution in [-0.4, -0.2) is 29.8 Å². The number of nitrogens with two attached hydrogens (primary N) is 1. The fourth-order valence-corrected chi connectivity index (χ4v) is 1.68. The van der Waals surface area contributed by atoms with Crippen LogP contribution < -0.4 is 10.6 Å². The highest BCUT2D eigenvalue weighted by Crippen LogP contribution is 2.25. The summed E-state index contributed by atoms with van der Waals surface area (Å²) in [5, 5.41) is 9.00. The van der Waals surface area contributed by atoms with Gasteiger partial charge in [0.05, 0.1) is 29.0 Å². The second-order valence-electron chi connectivity index (χ2n) is 3.22. The molecule has 0 aliphatic carbocycles. The molecule has 0 amide bonds. The number of aliphatic hydroxyl groups is 1. The lowest BCUT2D eigenvalue weighted by atomic mass is 10.3. The van der Waals surface area contributed by atoms with Gasteiger partial charge in [-0.25, -0.2) is 4.98 Å². The van der Waals surface area contributed by atoms with Crippen molar-refractivity contribution in [1.82, 2.24) is 4.98 Å². The number of aromatic nitrogens is 1. The molecule has 0 fully saturated rings. The number of nitrogens with zero attached hydrogens (tertiary/aromatic N) is 2. The Bertz CT molecular complexity index is 319. The molecule has 3 N–H and O–H groups in total. The lowest BCUT2D eigenvalue weighted by Gasteiger charge is -2.25. The van der Waals surface area contributed by atoms with Gasteiger partial charge in [0.2, 0.25) is 0 Å². The van der Waals surface area contributed by atoms with Crippen molar-refractivity contribution in [3.8, 4) is 0 Å². The van der Waals surface area contributed by atoms with E-state index in [-0.39, 0.29) is 12.6 Å². The van der Waals surface area contributed by atoms with Crippen molar-refractivity contribution in [1.29, 1.82) is 0 Å². The molecular formula is C9H14BrN3O. The normalized spacial score (nSPS) is 12.6. The summed E-state index contributed by atoms with van der Waals surface area (Å²) in [4.78, 5) is 6.08. The van der Waals surface area contributed by atoms with Crippen LogP contribution in [0, 0.1) is 0 Å². The third-order valence-electron chi connectivity index (χ3n) is 2.10. The van der Waals surface area contributed by atoms with Crippen LogP contribution in [0.3, 0.4) is 0 Å². The van der Waals surface area contributed by atoms with Gasteiger partial charge in [-0.05, 0) is 28.9 Å². The standard InChI is InChI=1S/C9H14BrN3O/c1-6(5-14)13(2)9-8(10)3-7(11)4-12-9/h3-4,6,14H,5,11H2,1-2H3. The Hall–Kier alpha value is -0.810. The number of hydrogen-bond donors (Lipinski definition) is 2. The minimum Gasteiger partial charge on any atom is -0.397 e. The highest BCUT2D eigenvalue weighted by Gasteiger charge is 2.12. The second kappa shape index (κ2) is 4.61. The first kappa shape index (κ1) is 11.3. The van der Waals surface area contributed by atoms with Crippen LogP contribution in [-0.2, 0) is 0 Å². The van der Waals surface area contributed by atoms with Crippen LogP contribution in [0.2, 0.25) is 0 Å². The molecule has 1 aromatic rings. The highest BCUT2D eigenvalue weighted by atomic mass is 79.9. The van der Waals surface area contributed by atoms with E-state index < -0.39 is 0 Å². The van der Waals surface area contributed by atoms with E-state index in [1.165, 1.54) is 0 Å². The van der Waals surface area contributed by atoms with Crippen LogP contribution in [0.5, 0.6) is 0 Å². The van der Waals surface area contributed by atoms with Gasteiger partial charge in [-0.2, -0.15) is 0 Å². The second-order valence-corrected chi connectivity index (χ2v) is 4.07. The van der Waals surface area contributed by atoms with E-state index in [1.54, 1.807) is 12.3 Å². The fourth-order valence-electron chi connectivity index (χ4n) is 1.04. The number of hydrogen-bond acceptors (Lipinski definition) is 4. The molecule has 1 unspecified atom stereocenters. The molecule has 0 bridgehead atoms. The summed E-state index contributed by atoms with van der Waals surface area (Å²) in [6.07, 6.45) is 1.60. The maximum Gasteiger partial charge on any atom is 0.143 e. The van der Waals surface area contributed by atoms with Gasteiger partial charge in [0.1, 0.15) is 5.82 Å². The number of likely N-dealkylation sites (N-methyl/N-ethyl adjacent to an activating group) is 1. The van der Waals surface area contributed by atoms with Crippen molar-refractivity contribution in [2.45, 2.75) is 13.0 Å². The Morgan fingerprint density at radius 2 is 2.36 bits per heavy atom. The summed E-state index contributed by atoms with van der Waals surface area (Å²) in [6, 6.07) is 1.82. The summed E-state index contributed by atoms with van der Waals surface area (Å²) in [6.45, 7) is 2.01. The largest absolute Gasteiger partial charge is 0.397 e. The van der Waals surface area contributed by atoms with Crippen LogP contribution >= 0.6 is 15.9 Å². The molecule has 0 radical (unpaired) electrons. The average Bonchev–Trinajstić information content (AvgIpc) is 2.15. The lowest BCUT2D eigenvalue weighted by Crippen LogP contribution is -2.32. The molecule has 0 saturated carbocycles. The first-order chi connectivity index (χ1) is 6.56. The monoisotopic (exact) mass is 259 g/mol. The van der Waals surface area contributed by atoms with Crippen molar-refractivity contribution in [2.75, 3.05) is 24.3 Å². The summed E-state index contributed by atoms with van der Waals surface area (Å²) < 4.78 is 0.834. The Labute approximate surface area is 91.9 Å². The molecule has 0 spiro atoms. The van der Waals surface area contributed by atoms with Crippen molar-refractivity contribution in [3.63, 3.8) is 0 Å². The van der Waals surface area contributed by atoms with Crippen molar-refractivity contribution in [2.24, 2.45) is 0 Å². The number of nitrogen functional groups attached to an aromatic ring is 1. The molecule has 78 valence electrons. The Balaban J connectivity index is 2.95. The summed E-state index contributed by atoms with van der Waals surface area (Å²) in [5.74, 6) is 0.778. The zero-order chi connectivity index (χ0) is 10.7. The van der Waals surface area contributed by atoms with Crippen LogP contribution in [0.15, 0.2) is 16.7 Å². The zero-order valence-corrected chi connectivity index (χ0v) is 9.82. The maximum absolute atomic E-state index is 9.00. The Kier molecular flexibility index (Phi) is 3.71. The first-order valence-corrected chi connectivity index (χ1v) is 5.10. The molecule has 1 rings (SSSR count). The lowest BCUT2D eigenvalue weighted by molar-refractivity contribution is 0.269. The predicted molar refractivity (Wildman–Crippen MR) is 61.3 cm³/mol. The molecule has 5 heteroatoms. The van der Waals surface area contributed by atoms with Crippen molar-refractivity contribution in [3.05, 3.63) is 16.7 Å². The van der Waals surface area contributed by atoms with Crippen LogP contribution in [0.4, 0.5) is 11.5 Å². The molecule has 14 heavy (non-hydrogen) atoms. The van der Waals surface area contributed by atoms with Gasteiger partial charge in [0.25, 0.3) is 0 Å². The maximum atomic E-state index is 9.00. The Morgan fingerprint density at radius 3 is 2.86 bits per heavy atom. The highest BCUT2D eigenvalue weighted by molar-refractivity contribution is 9.10. The third-order valence-corrected chi connectivity index (χ3v) is 2.69. The molecule has 1 atom stereocenters. The van der Waals surface area contributed by atoms with E-state index in [9.17, 15) is 0 Å². The van der Waals surface area contributed by atoms with Gasteiger partial charge in [0, 0.05) is 7.05 Å². The third kappa shape index (κ3) is 2.36. The van der Waals surface area contributed by atoms with Gasteiger partial charge in [-0.3, -0.25) is 0 Å². The van der Waals surface area contributed by atoms with E-state index in [4.69, 9.17) is 10.8 Å². The molecule has 1 aromatic heterocycles. The molecule has 4 nitrogen and oxygen atoms in total. The average molecular weight is 260 g/mol. The number of rotatable bonds is 3. The summed E-state index contributed by atoms with van der Waals surface area (Å²) in [5.41, 5.74) is 6.19. The number of anilines is 2. The predicted octanol–water partition coefficient (Wildman–Crippen LogP) is 1.24. The van der Waals surface area contributed by atoms with Crippen molar-refractivity contribution >= 4 is 27.4 Å². The summed E-state index contributed by atoms with van der Waals surface area (Å²) in [7, 11) is 1.88. The van der Waals surface area contributed by atoms with E-state index in [1.807, 2.05) is 18.9 Å². The molecule has 0 aliphatic rings.